The van der Waals surface area contributed by atoms with Crippen LogP contribution in [0.2, 0.25) is 0 Å². The lowest BCUT2D eigenvalue weighted by Gasteiger charge is -2.38. The zero-order chi connectivity index (χ0) is 21.3. The van der Waals surface area contributed by atoms with Gasteiger partial charge in [-0.15, -0.1) is 11.3 Å². The lowest BCUT2D eigenvalue weighted by molar-refractivity contribution is 0.0358. The van der Waals surface area contributed by atoms with Gasteiger partial charge in [-0.3, -0.25) is 9.80 Å². The van der Waals surface area contributed by atoms with Crippen LogP contribution in [-0.4, -0.2) is 62.3 Å². The monoisotopic (exact) mass is 448 g/mol. The maximum absolute atomic E-state index is 6.24. The lowest BCUT2D eigenvalue weighted by atomic mass is 9.81. The van der Waals surface area contributed by atoms with Gasteiger partial charge in [0.05, 0.1) is 19.8 Å². The first-order chi connectivity index (χ1) is 15.9. The second-order valence-corrected chi connectivity index (χ2v) is 10.3. The van der Waals surface area contributed by atoms with E-state index in [0.29, 0.717) is 12.0 Å². The number of nitrogens with zero attached hydrogens (tertiary/aromatic N) is 2. The molecule has 2 saturated heterocycles. The number of ether oxygens (including phenoxy) is 2. The molecule has 5 heteroatoms. The summed E-state index contributed by atoms with van der Waals surface area (Å²) < 4.78 is 13.1. The van der Waals surface area contributed by atoms with Crippen molar-refractivity contribution in [3.63, 3.8) is 0 Å². The first-order valence-corrected chi connectivity index (χ1v) is 13.0. The number of hydrogen-bond acceptors (Lipinski definition) is 5. The van der Waals surface area contributed by atoms with Gasteiger partial charge in [0.15, 0.2) is 0 Å². The van der Waals surface area contributed by atoms with E-state index in [4.69, 9.17) is 9.47 Å². The van der Waals surface area contributed by atoms with Crippen molar-refractivity contribution in [2.75, 3.05) is 52.5 Å². The quantitative estimate of drug-likeness (QED) is 0.479. The molecule has 4 heterocycles. The molecule has 3 aliphatic heterocycles. The molecule has 0 radical (unpaired) electrons. The second kappa shape index (κ2) is 9.14. The van der Waals surface area contributed by atoms with Gasteiger partial charge in [-0.1, -0.05) is 24.3 Å². The largest absolute Gasteiger partial charge is 0.494 e. The van der Waals surface area contributed by atoms with E-state index < -0.39 is 0 Å². The first kappa shape index (κ1) is 20.7. The van der Waals surface area contributed by atoms with Crippen molar-refractivity contribution >= 4 is 21.4 Å². The van der Waals surface area contributed by atoms with Crippen molar-refractivity contribution < 1.29 is 9.47 Å². The van der Waals surface area contributed by atoms with E-state index in [1.807, 2.05) is 11.3 Å². The van der Waals surface area contributed by atoms with Crippen LogP contribution in [0.5, 0.6) is 5.75 Å². The minimum atomic E-state index is 0.442. The Kier molecular flexibility index (Phi) is 5.91. The summed E-state index contributed by atoms with van der Waals surface area (Å²) >= 11 is 1.88. The predicted octanol–water partition coefficient (Wildman–Crippen LogP) is 5.28. The van der Waals surface area contributed by atoms with Gasteiger partial charge in [-0.25, -0.2) is 0 Å². The molecular weight excluding hydrogens is 416 g/mol. The number of morpholine rings is 1. The third-order valence-electron chi connectivity index (χ3n) is 7.45. The molecule has 0 unspecified atom stereocenters. The van der Waals surface area contributed by atoms with Crippen LogP contribution in [0.25, 0.3) is 10.1 Å². The van der Waals surface area contributed by atoms with Crippen molar-refractivity contribution in [1.82, 2.24) is 9.80 Å². The SMILES string of the molecule is c1cc([C@H]2CN3CCC[C@H]3c3cc(OCCCN4CCOCC4)ccc32)c2sccc2c1. The van der Waals surface area contributed by atoms with E-state index in [2.05, 4.69) is 57.6 Å². The molecule has 168 valence electrons. The Hall–Kier alpha value is -1.92. The lowest BCUT2D eigenvalue weighted by Crippen LogP contribution is -2.37. The number of rotatable bonds is 6. The normalized spacial score (nSPS) is 23.9. The summed E-state index contributed by atoms with van der Waals surface area (Å²) in [5.41, 5.74) is 4.50. The fraction of sp³-hybridized carbons (Fsp3) is 0.481. The molecule has 1 aromatic heterocycles. The molecule has 0 aliphatic carbocycles. The average molecular weight is 449 g/mol. The van der Waals surface area contributed by atoms with Gasteiger partial charge in [0.1, 0.15) is 5.75 Å². The van der Waals surface area contributed by atoms with Gasteiger partial charge in [0, 0.05) is 42.8 Å². The third-order valence-corrected chi connectivity index (χ3v) is 8.43. The molecule has 0 spiro atoms. The highest BCUT2D eigenvalue weighted by Gasteiger charge is 2.37. The molecule has 32 heavy (non-hydrogen) atoms. The molecule has 0 bridgehead atoms. The smallest absolute Gasteiger partial charge is 0.119 e. The van der Waals surface area contributed by atoms with Gasteiger partial charge < -0.3 is 9.47 Å². The average Bonchev–Trinajstić information content (AvgIpc) is 3.51. The topological polar surface area (TPSA) is 24.9 Å². The van der Waals surface area contributed by atoms with Gasteiger partial charge in [0.25, 0.3) is 0 Å². The highest BCUT2D eigenvalue weighted by atomic mass is 32.1. The van der Waals surface area contributed by atoms with Crippen molar-refractivity contribution in [1.29, 1.82) is 0 Å². The van der Waals surface area contributed by atoms with Gasteiger partial charge in [-0.05, 0) is 71.5 Å². The molecular formula is C27H32N2O2S. The van der Waals surface area contributed by atoms with E-state index in [-0.39, 0.29) is 0 Å². The Morgan fingerprint density at radius 1 is 1.00 bits per heavy atom. The molecule has 2 atom stereocenters. The Bertz CT molecular complexity index is 1070. The Balaban J connectivity index is 1.22. The van der Waals surface area contributed by atoms with Crippen LogP contribution in [0, 0.1) is 0 Å². The Morgan fingerprint density at radius 3 is 2.88 bits per heavy atom. The fourth-order valence-corrected chi connectivity index (χ4v) is 6.81. The zero-order valence-corrected chi connectivity index (χ0v) is 19.5. The van der Waals surface area contributed by atoms with Crippen LogP contribution in [0.3, 0.4) is 0 Å². The van der Waals surface area contributed by atoms with E-state index in [0.717, 1.165) is 58.2 Å². The highest BCUT2D eigenvalue weighted by molar-refractivity contribution is 7.17. The third kappa shape index (κ3) is 3.96. The summed E-state index contributed by atoms with van der Waals surface area (Å²) in [6.07, 6.45) is 3.63. The summed E-state index contributed by atoms with van der Waals surface area (Å²) in [5, 5.41) is 3.60. The summed E-state index contributed by atoms with van der Waals surface area (Å²) in [7, 11) is 0. The van der Waals surface area contributed by atoms with E-state index in [1.54, 1.807) is 0 Å². The molecule has 0 N–H and O–H groups in total. The standard InChI is InChI=1S/C27H32N2O2S/c1-4-20-9-17-32-27(20)23(5-1)25-19-29-11-2-6-26(29)24-18-21(7-8-22(24)25)31-14-3-10-28-12-15-30-16-13-28/h1,4-5,7-9,17-18,25-26H,2-3,6,10-16,19H2/t25-,26-/m0/s1. The maximum atomic E-state index is 6.24. The number of benzene rings is 2. The first-order valence-electron chi connectivity index (χ1n) is 12.1. The fourth-order valence-electron chi connectivity index (χ4n) is 5.84. The molecule has 4 nitrogen and oxygen atoms in total. The number of thiophene rings is 1. The number of hydrogen-bond donors (Lipinski definition) is 0. The molecule has 0 saturated carbocycles. The van der Waals surface area contributed by atoms with E-state index >= 15 is 0 Å². The Labute approximate surface area is 194 Å². The van der Waals surface area contributed by atoms with Crippen molar-refractivity contribution in [3.8, 4) is 5.75 Å². The second-order valence-electron chi connectivity index (χ2n) is 9.34. The van der Waals surface area contributed by atoms with Crippen LogP contribution in [-0.2, 0) is 4.74 Å². The molecule has 0 amide bonds. The van der Waals surface area contributed by atoms with Gasteiger partial charge >= 0.3 is 0 Å². The molecule has 6 rings (SSSR count). The highest BCUT2D eigenvalue weighted by Crippen LogP contribution is 2.46. The Morgan fingerprint density at radius 2 is 1.94 bits per heavy atom. The van der Waals surface area contributed by atoms with Crippen molar-refractivity contribution in [2.24, 2.45) is 0 Å². The van der Waals surface area contributed by atoms with E-state index in [1.165, 1.54) is 46.2 Å². The summed E-state index contributed by atoms with van der Waals surface area (Å²) in [4.78, 5) is 5.19. The minimum Gasteiger partial charge on any atom is -0.494 e. The van der Waals surface area contributed by atoms with Crippen molar-refractivity contribution in [2.45, 2.75) is 31.2 Å². The molecule has 3 aliphatic rings. The summed E-state index contributed by atoms with van der Waals surface area (Å²) in [6, 6.07) is 16.5. The van der Waals surface area contributed by atoms with Crippen molar-refractivity contribution in [3.05, 3.63) is 64.5 Å². The summed E-state index contributed by atoms with van der Waals surface area (Å²) in [5.74, 6) is 1.48. The van der Waals surface area contributed by atoms with Crippen LogP contribution in [0.1, 0.15) is 47.9 Å². The molecule has 3 aromatic rings. The molecule has 2 aromatic carbocycles. The predicted molar refractivity (Wildman–Crippen MR) is 131 cm³/mol. The minimum absolute atomic E-state index is 0.442. The van der Waals surface area contributed by atoms with Crippen LogP contribution >= 0.6 is 11.3 Å². The van der Waals surface area contributed by atoms with Crippen LogP contribution in [0.4, 0.5) is 0 Å². The van der Waals surface area contributed by atoms with E-state index in [9.17, 15) is 0 Å². The zero-order valence-electron chi connectivity index (χ0n) is 18.7. The summed E-state index contributed by atoms with van der Waals surface area (Å²) in [6.45, 7) is 8.05. The van der Waals surface area contributed by atoms with Crippen LogP contribution < -0.4 is 4.74 Å². The molecule has 2 fully saturated rings. The van der Waals surface area contributed by atoms with Gasteiger partial charge in [0.2, 0.25) is 0 Å². The van der Waals surface area contributed by atoms with Crippen LogP contribution in [0.15, 0.2) is 47.8 Å². The maximum Gasteiger partial charge on any atom is 0.119 e. The number of fused-ring (bicyclic) bond motifs is 4. The van der Waals surface area contributed by atoms with Gasteiger partial charge in [-0.2, -0.15) is 0 Å².